The zero-order chi connectivity index (χ0) is 21.8. The van der Waals surface area contributed by atoms with Gasteiger partial charge >= 0.3 is 0 Å². The fraction of sp³-hybridized carbons (Fsp3) is 0.154. The van der Waals surface area contributed by atoms with Crippen LogP contribution in [0.15, 0.2) is 102 Å². The van der Waals surface area contributed by atoms with E-state index < -0.39 is 0 Å². The molecule has 1 aromatic heterocycles. The molecular weight excluding hydrogens is 416 g/mol. The SMILES string of the molecule is CC1=CSC(n2cc(-c3ccc(OCc4ccccc4)cc3)nn2)N1Cc1ccccc1. The van der Waals surface area contributed by atoms with Gasteiger partial charge in [0.2, 0.25) is 0 Å². The lowest BCUT2D eigenvalue weighted by Crippen LogP contribution is -2.26. The van der Waals surface area contributed by atoms with Crippen LogP contribution >= 0.6 is 11.8 Å². The van der Waals surface area contributed by atoms with Gasteiger partial charge in [0.25, 0.3) is 0 Å². The summed E-state index contributed by atoms with van der Waals surface area (Å²) in [5.74, 6) is 0.838. The number of hydrogen-bond donors (Lipinski definition) is 0. The summed E-state index contributed by atoms with van der Waals surface area (Å²) < 4.78 is 7.83. The van der Waals surface area contributed by atoms with E-state index in [4.69, 9.17) is 4.74 Å². The van der Waals surface area contributed by atoms with Crippen LogP contribution in [0.3, 0.4) is 0 Å². The molecule has 0 fully saturated rings. The fourth-order valence-corrected chi connectivity index (χ4v) is 4.71. The van der Waals surface area contributed by atoms with E-state index in [0.717, 1.165) is 29.1 Å². The molecule has 0 radical (unpaired) electrons. The molecule has 4 aromatic rings. The molecule has 0 spiro atoms. The van der Waals surface area contributed by atoms with Gasteiger partial charge < -0.3 is 9.64 Å². The van der Waals surface area contributed by atoms with Gasteiger partial charge in [0.15, 0.2) is 5.50 Å². The Morgan fingerprint density at radius 3 is 2.28 bits per heavy atom. The van der Waals surface area contributed by atoms with Gasteiger partial charge in [0, 0.05) is 17.8 Å². The van der Waals surface area contributed by atoms with Crippen LogP contribution in [0.25, 0.3) is 11.3 Å². The highest BCUT2D eigenvalue weighted by Crippen LogP contribution is 2.39. The van der Waals surface area contributed by atoms with E-state index >= 15 is 0 Å². The van der Waals surface area contributed by atoms with Crippen LogP contribution in [0.4, 0.5) is 0 Å². The van der Waals surface area contributed by atoms with Crippen molar-refractivity contribution in [2.45, 2.75) is 25.6 Å². The molecule has 0 bridgehead atoms. The Kier molecular flexibility index (Phi) is 5.94. The first-order chi connectivity index (χ1) is 15.8. The maximum absolute atomic E-state index is 5.89. The van der Waals surface area contributed by atoms with Crippen molar-refractivity contribution in [3.8, 4) is 17.0 Å². The molecule has 1 aliphatic rings. The van der Waals surface area contributed by atoms with Gasteiger partial charge in [0.1, 0.15) is 18.1 Å². The molecule has 0 N–H and O–H groups in total. The minimum absolute atomic E-state index is 0.0601. The molecule has 1 atom stereocenters. The summed E-state index contributed by atoms with van der Waals surface area (Å²) in [4.78, 5) is 2.35. The van der Waals surface area contributed by atoms with E-state index in [0.29, 0.717) is 6.61 Å². The van der Waals surface area contributed by atoms with E-state index in [1.54, 1.807) is 11.8 Å². The lowest BCUT2D eigenvalue weighted by atomic mass is 10.1. The molecule has 5 nitrogen and oxygen atoms in total. The minimum atomic E-state index is 0.0601. The molecule has 32 heavy (non-hydrogen) atoms. The van der Waals surface area contributed by atoms with Gasteiger partial charge in [-0.25, -0.2) is 4.68 Å². The Bertz CT molecular complexity index is 1190. The number of benzene rings is 3. The van der Waals surface area contributed by atoms with Gasteiger partial charge in [-0.3, -0.25) is 0 Å². The molecule has 5 rings (SSSR count). The monoisotopic (exact) mass is 440 g/mol. The van der Waals surface area contributed by atoms with E-state index in [1.165, 1.54) is 11.3 Å². The lowest BCUT2D eigenvalue weighted by Gasteiger charge is -2.27. The van der Waals surface area contributed by atoms with Crippen LogP contribution in [0.5, 0.6) is 5.75 Å². The summed E-state index contributed by atoms with van der Waals surface area (Å²) in [7, 11) is 0. The van der Waals surface area contributed by atoms with Crippen LogP contribution in [0.2, 0.25) is 0 Å². The minimum Gasteiger partial charge on any atom is -0.489 e. The number of ether oxygens (including phenoxy) is 1. The molecule has 0 aliphatic carbocycles. The van der Waals surface area contributed by atoms with E-state index in [2.05, 4.69) is 63.9 Å². The summed E-state index contributed by atoms with van der Waals surface area (Å²) in [5.41, 5.74) is 5.59. The average molecular weight is 441 g/mol. The van der Waals surface area contributed by atoms with Crippen LogP contribution in [-0.4, -0.2) is 19.9 Å². The molecule has 0 saturated heterocycles. The first-order valence-electron chi connectivity index (χ1n) is 10.6. The van der Waals surface area contributed by atoms with Crippen molar-refractivity contribution in [2.24, 2.45) is 0 Å². The molecule has 3 aromatic carbocycles. The maximum Gasteiger partial charge on any atom is 0.176 e. The van der Waals surface area contributed by atoms with Crippen molar-refractivity contribution < 1.29 is 4.74 Å². The molecule has 2 heterocycles. The third kappa shape index (κ3) is 4.55. The first kappa shape index (κ1) is 20.4. The van der Waals surface area contributed by atoms with Crippen LogP contribution in [0.1, 0.15) is 23.5 Å². The number of rotatable bonds is 7. The average Bonchev–Trinajstić information content (AvgIpc) is 3.47. The third-order valence-corrected chi connectivity index (χ3v) is 6.60. The number of aromatic nitrogens is 3. The van der Waals surface area contributed by atoms with Crippen molar-refractivity contribution in [3.63, 3.8) is 0 Å². The standard InChI is InChI=1S/C26H24N4OS/c1-20-19-32-26(29(20)16-21-8-4-2-5-9-21)30-17-25(27-28-30)23-12-14-24(15-13-23)31-18-22-10-6-3-7-11-22/h2-15,17,19,26H,16,18H2,1H3. The second kappa shape index (κ2) is 9.32. The number of allylic oxidation sites excluding steroid dienone is 1. The molecule has 0 saturated carbocycles. The van der Waals surface area contributed by atoms with E-state index in [9.17, 15) is 0 Å². The van der Waals surface area contributed by atoms with Crippen molar-refractivity contribution in [1.82, 2.24) is 19.9 Å². The molecule has 1 aliphatic heterocycles. The highest BCUT2D eigenvalue weighted by Gasteiger charge is 2.27. The van der Waals surface area contributed by atoms with Gasteiger partial charge in [-0.1, -0.05) is 77.6 Å². The van der Waals surface area contributed by atoms with Gasteiger partial charge in [-0.2, -0.15) is 0 Å². The molecule has 0 amide bonds. The summed E-state index contributed by atoms with van der Waals surface area (Å²) in [6, 6.07) is 28.7. The van der Waals surface area contributed by atoms with Gasteiger partial charge in [-0.05, 0) is 47.7 Å². The molecular formula is C26H24N4OS. The van der Waals surface area contributed by atoms with Crippen molar-refractivity contribution in [2.75, 3.05) is 0 Å². The predicted molar refractivity (Wildman–Crippen MR) is 129 cm³/mol. The number of thioether (sulfide) groups is 1. The zero-order valence-corrected chi connectivity index (χ0v) is 18.7. The summed E-state index contributed by atoms with van der Waals surface area (Å²) in [5, 5.41) is 11.1. The zero-order valence-electron chi connectivity index (χ0n) is 17.8. The highest BCUT2D eigenvalue weighted by molar-refractivity contribution is 8.02. The summed E-state index contributed by atoms with van der Waals surface area (Å²) in [6.45, 7) is 3.53. The number of nitrogens with zero attached hydrogens (tertiary/aromatic N) is 4. The van der Waals surface area contributed by atoms with Crippen LogP contribution in [-0.2, 0) is 13.2 Å². The van der Waals surface area contributed by atoms with Crippen molar-refractivity contribution in [3.05, 3.63) is 113 Å². The maximum atomic E-state index is 5.89. The van der Waals surface area contributed by atoms with Crippen LogP contribution in [0, 0.1) is 0 Å². The molecule has 160 valence electrons. The van der Waals surface area contributed by atoms with Crippen molar-refractivity contribution >= 4 is 11.8 Å². The second-order valence-corrected chi connectivity index (χ2v) is 8.65. The Morgan fingerprint density at radius 2 is 1.56 bits per heavy atom. The molecule has 6 heteroatoms. The first-order valence-corrected chi connectivity index (χ1v) is 11.5. The Morgan fingerprint density at radius 1 is 0.875 bits per heavy atom. The topological polar surface area (TPSA) is 43.2 Å². The van der Waals surface area contributed by atoms with Gasteiger partial charge in [-0.15, -0.1) is 5.10 Å². The normalized spacial score (nSPS) is 15.6. The predicted octanol–water partition coefficient (Wildman–Crippen LogP) is 6.09. The number of hydrogen-bond acceptors (Lipinski definition) is 5. The molecule has 1 unspecified atom stereocenters. The van der Waals surface area contributed by atoms with E-state index in [-0.39, 0.29) is 5.50 Å². The summed E-state index contributed by atoms with van der Waals surface area (Å²) in [6.07, 6.45) is 2.02. The van der Waals surface area contributed by atoms with Gasteiger partial charge in [0.05, 0.1) is 6.20 Å². The smallest absolute Gasteiger partial charge is 0.176 e. The highest BCUT2D eigenvalue weighted by atomic mass is 32.2. The quantitative estimate of drug-likeness (QED) is 0.348. The van der Waals surface area contributed by atoms with Crippen LogP contribution < -0.4 is 4.74 Å². The Labute approximate surface area is 192 Å². The summed E-state index contributed by atoms with van der Waals surface area (Å²) >= 11 is 1.75. The largest absolute Gasteiger partial charge is 0.489 e. The Hall–Kier alpha value is -3.51. The van der Waals surface area contributed by atoms with E-state index in [1.807, 2.05) is 59.4 Å². The third-order valence-electron chi connectivity index (χ3n) is 5.41. The fourth-order valence-electron chi connectivity index (χ4n) is 3.64. The second-order valence-electron chi connectivity index (χ2n) is 7.72. The Balaban J connectivity index is 1.27. The van der Waals surface area contributed by atoms with Crippen molar-refractivity contribution in [1.29, 1.82) is 0 Å². The lowest BCUT2D eigenvalue weighted by molar-refractivity contribution is 0.251.